The highest BCUT2D eigenvalue weighted by molar-refractivity contribution is 7.71. The fourth-order valence-electron chi connectivity index (χ4n) is 2.38. The van der Waals surface area contributed by atoms with Crippen molar-refractivity contribution in [3.05, 3.63) is 66.2 Å². The molecular weight excluding hydrogens is 311 g/mol. The Morgan fingerprint density at radius 1 is 1.09 bits per heavy atom. The topological polar surface area (TPSA) is 78.4 Å². The van der Waals surface area contributed by atoms with Gasteiger partial charge in [0.2, 0.25) is 5.91 Å². The largest absolute Gasteiger partial charge is 0.317 e. The Kier molecular flexibility index (Phi) is 6.11. The molecule has 0 saturated carbocycles. The molecule has 0 heterocycles. The Labute approximate surface area is 136 Å². The van der Waals surface area contributed by atoms with Gasteiger partial charge in [0.15, 0.2) is 0 Å². The van der Waals surface area contributed by atoms with Crippen LogP contribution in [0.1, 0.15) is 12.0 Å². The zero-order valence-corrected chi connectivity index (χ0v) is 13.9. The van der Waals surface area contributed by atoms with Gasteiger partial charge in [-0.1, -0.05) is 60.7 Å². The lowest BCUT2D eigenvalue weighted by molar-refractivity contribution is -0.129. The maximum Gasteiger partial charge on any atom is 0.245 e. The molecule has 2 aromatic rings. The fraction of sp³-hybridized carbons (Fsp3) is 0.235. The van der Waals surface area contributed by atoms with Crippen LogP contribution in [0, 0.1) is 0 Å². The first-order valence-electron chi connectivity index (χ1n) is 7.37. The van der Waals surface area contributed by atoms with Crippen LogP contribution in [0.5, 0.6) is 0 Å². The number of nitrogens with one attached hydrogen (secondary N) is 2. The first-order valence-corrected chi connectivity index (χ1v) is 9.59. The van der Waals surface area contributed by atoms with Crippen molar-refractivity contribution in [2.75, 3.05) is 6.66 Å². The van der Waals surface area contributed by atoms with E-state index in [0.29, 0.717) is 11.8 Å². The number of hydrogen-bond donors (Lipinski definition) is 3. The molecule has 0 aliphatic heterocycles. The average Bonchev–Trinajstić information content (AvgIpc) is 2.59. The van der Waals surface area contributed by atoms with Gasteiger partial charge >= 0.3 is 0 Å². The summed E-state index contributed by atoms with van der Waals surface area (Å²) >= 11 is 0. The third-order valence-electron chi connectivity index (χ3n) is 3.75. The molecule has 23 heavy (non-hydrogen) atoms. The average molecular weight is 332 g/mol. The van der Waals surface area contributed by atoms with Gasteiger partial charge in [-0.3, -0.25) is 10.0 Å². The van der Waals surface area contributed by atoms with Gasteiger partial charge in [0, 0.05) is 11.8 Å². The highest BCUT2D eigenvalue weighted by Crippen LogP contribution is 2.45. The summed E-state index contributed by atoms with van der Waals surface area (Å²) in [7, 11) is -2.84. The Morgan fingerprint density at radius 3 is 2.22 bits per heavy atom. The number of benzene rings is 2. The first-order chi connectivity index (χ1) is 11.0. The third-order valence-corrected chi connectivity index (χ3v) is 6.63. The van der Waals surface area contributed by atoms with Crippen molar-refractivity contribution < 1.29 is 14.6 Å². The molecule has 0 aromatic heterocycles. The first kappa shape index (κ1) is 17.4. The quantitative estimate of drug-likeness (QED) is 0.413. The van der Waals surface area contributed by atoms with Crippen LogP contribution in [-0.4, -0.2) is 23.6 Å². The molecule has 2 atom stereocenters. The molecule has 0 aliphatic carbocycles. The molecular formula is C17H21N2O3P. The number of amides is 1. The predicted octanol–water partition coefficient (Wildman–Crippen LogP) is 2.32. The smallest absolute Gasteiger partial charge is 0.245 e. The lowest BCUT2D eigenvalue weighted by atomic mass is 10.2. The minimum absolute atomic E-state index is 0.0635. The van der Waals surface area contributed by atoms with Gasteiger partial charge in [-0.05, 0) is 12.2 Å². The zero-order valence-electron chi connectivity index (χ0n) is 13.0. The second kappa shape index (κ2) is 8.06. The van der Waals surface area contributed by atoms with Crippen molar-refractivity contribution in [3.8, 4) is 0 Å². The summed E-state index contributed by atoms with van der Waals surface area (Å²) in [6, 6.07) is 18.8. The van der Waals surface area contributed by atoms with Crippen LogP contribution in [0.15, 0.2) is 60.7 Å². The second-order valence-corrected chi connectivity index (χ2v) is 8.57. The normalized spacial score (nSPS) is 14.7. The minimum Gasteiger partial charge on any atom is -0.317 e. The Balaban J connectivity index is 2.19. The molecule has 0 saturated heterocycles. The van der Waals surface area contributed by atoms with Gasteiger partial charge in [0.1, 0.15) is 7.14 Å². The summed E-state index contributed by atoms with van der Waals surface area (Å²) < 4.78 is 13.3. The summed E-state index contributed by atoms with van der Waals surface area (Å²) in [6.45, 7) is 2.16. The second-order valence-electron chi connectivity index (χ2n) is 5.45. The highest BCUT2D eigenvalue weighted by Gasteiger charge is 2.31. The van der Waals surface area contributed by atoms with Gasteiger partial charge < -0.3 is 9.88 Å². The summed E-state index contributed by atoms with van der Waals surface area (Å²) in [6.07, 6.45) is -0.0635. The third kappa shape index (κ3) is 4.76. The van der Waals surface area contributed by atoms with Crippen molar-refractivity contribution in [2.45, 2.75) is 18.7 Å². The van der Waals surface area contributed by atoms with Crippen molar-refractivity contribution in [2.24, 2.45) is 0 Å². The van der Waals surface area contributed by atoms with E-state index in [2.05, 4.69) is 5.32 Å². The van der Waals surface area contributed by atoms with E-state index in [0.717, 1.165) is 5.56 Å². The van der Waals surface area contributed by atoms with Gasteiger partial charge in [-0.25, -0.2) is 5.48 Å². The number of carbonyl (C=O) groups excluding carboxylic acids is 1. The SMILES string of the molecule is C[P@@](=O)(c1ccccc1)[C@H](CC(=O)NO)NCc1ccccc1. The van der Waals surface area contributed by atoms with Crippen molar-refractivity contribution in [1.29, 1.82) is 0 Å². The fourth-order valence-corrected chi connectivity index (χ4v) is 4.46. The van der Waals surface area contributed by atoms with Gasteiger partial charge in [-0.2, -0.15) is 0 Å². The number of hydrogen-bond acceptors (Lipinski definition) is 4. The molecule has 0 fully saturated rings. The molecule has 6 heteroatoms. The zero-order chi connectivity index (χ0) is 16.7. The van der Waals surface area contributed by atoms with E-state index in [9.17, 15) is 9.36 Å². The maximum absolute atomic E-state index is 13.3. The summed E-state index contributed by atoms with van der Waals surface area (Å²) in [5.74, 6) is -1.12. The van der Waals surface area contributed by atoms with E-state index in [1.54, 1.807) is 24.3 Å². The molecule has 2 aromatic carbocycles. The van der Waals surface area contributed by atoms with E-state index in [1.165, 1.54) is 0 Å². The van der Waals surface area contributed by atoms with E-state index >= 15 is 0 Å². The lowest BCUT2D eigenvalue weighted by Gasteiger charge is -2.25. The van der Waals surface area contributed by atoms with Crippen molar-refractivity contribution >= 4 is 18.4 Å². The van der Waals surface area contributed by atoms with Gasteiger partial charge in [-0.15, -0.1) is 0 Å². The molecule has 0 spiro atoms. The number of hydroxylamine groups is 1. The van der Waals surface area contributed by atoms with E-state index in [4.69, 9.17) is 5.21 Å². The Morgan fingerprint density at radius 2 is 1.65 bits per heavy atom. The molecule has 2 rings (SSSR count). The highest BCUT2D eigenvalue weighted by atomic mass is 31.2. The molecule has 0 radical (unpaired) electrons. The molecule has 0 unspecified atom stereocenters. The van der Waals surface area contributed by atoms with Crippen LogP contribution in [-0.2, 0) is 15.9 Å². The van der Waals surface area contributed by atoms with E-state index in [-0.39, 0.29) is 6.42 Å². The summed E-state index contributed by atoms with van der Waals surface area (Å²) in [4.78, 5) is 11.6. The van der Waals surface area contributed by atoms with Crippen LogP contribution in [0.2, 0.25) is 0 Å². The van der Waals surface area contributed by atoms with Crippen molar-refractivity contribution in [1.82, 2.24) is 10.8 Å². The van der Waals surface area contributed by atoms with Crippen LogP contribution < -0.4 is 16.1 Å². The Hall–Kier alpha value is -1.94. The Bertz CT molecular complexity index is 677. The molecule has 1 amide bonds. The van der Waals surface area contributed by atoms with Crippen molar-refractivity contribution in [3.63, 3.8) is 0 Å². The molecule has 0 aliphatic rings. The number of rotatable bonds is 7. The van der Waals surface area contributed by atoms with Crippen LogP contribution in [0.4, 0.5) is 0 Å². The minimum atomic E-state index is -2.84. The maximum atomic E-state index is 13.3. The van der Waals surface area contributed by atoms with Crippen LogP contribution >= 0.6 is 7.14 Å². The summed E-state index contributed by atoms with van der Waals surface area (Å²) in [5.41, 5.74) is 2.65. The van der Waals surface area contributed by atoms with E-state index in [1.807, 2.05) is 48.5 Å². The summed E-state index contributed by atoms with van der Waals surface area (Å²) in [5, 5.41) is 12.7. The molecule has 122 valence electrons. The monoisotopic (exact) mass is 332 g/mol. The predicted molar refractivity (Wildman–Crippen MR) is 91.2 cm³/mol. The van der Waals surface area contributed by atoms with Crippen LogP contribution in [0.3, 0.4) is 0 Å². The van der Waals surface area contributed by atoms with Gasteiger partial charge in [0.05, 0.1) is 12.2 Å². The van der Waals surface area contributed by atoms with Gasteiger partial charge in [0.25, 0.3) is 0 Å². The standard InChI is InChI=1S/C17H21N2O3P/c1-23(22,15-10-6-3-7-11-15)17(12-16(20)19-21)18-13-14-8-4-2-5-9-14/h2-11,17-18,21H,12-13H2,1H3,(H,19,20)/t17-,23-/m1/s1. The van der Waals surface area contributed by atoms with E-state index < -0.39 is 18.8 Å². The number of carbonyl (C=O) groups is 1. The molecule has 5 nitrogen and oxygen atoms in total. The molecule has 0 bridgehead atoms. The molecule has 3 N–H and O–H groups in total. The lowest BCUT2D eigenvalue weighted by Crippen LogP contribution is -2.36. The van der Waals surface area contributed by atoms with Crippen LogP contribution in [0.25, 0.3) is 0 Å².